The second-order valence-corrected chi connectivity index (χ2v) is 9.69. The fraction of sp³-hybridized carbons (Fsp3) is 0.333. The van der Waals surface area contributed by atoms with Gasteiger partial charge in [0, 0.05) is 6.20 Å². The van der Waals surface area contributed by atoms with Crippen LogP contribution in [0.15, 0.2) is 65.7 Å². The Morgan fingerprint density at radius 1 is 1.04 bits per heavy atom. The van der Waals surface area contributed by atoms with E-state index in [1.54, 1.807) is 30.5 Å². The smallest absolute Gasteiger partial charge is 0.266 e. The zero-order valence-corrected chi connectivity index (χ0v) is 16.3. The summed E-state index contributed by atoms with van der Waals surface area (Å²) in [5, 5.41) is 0. The van der Waals surface area contributed by atoms with E-state index in [4.69, 9.17) is 0 Å². The van der Waals surface area contributed by atoms with Gasteiger partial charge in [0.15, 0.2) is 0 Å². The van der Waals surface area contributed by atoms with Crippen LogP contribution >= 0.6 is 0 Å². The maximum Gasteiger partial charge on any atom is 0.416 e. The molecule has 0 aromatic heterocycles. The molecule has 28 heavy (non-hydrogen) atoms. The molecule has 0 bridgehead atoms. The van der Waals surface area contributed by atoms with Gasteiger partial charge in [-0.25, -0.2) is 8.42 Å². The zero-order chi connectivity index (χ0) is 20.3. The highest BCUT2D eigenvalue weighted by molar-refractivity contribution is 7.89. The van der Waals surface area contributed by atoms with E-state index in [0.29, 0.717) is 5.56 Å². The fourth-order valence-corrected chi connectivity index (χ4v) is 5.41. The van der Waals surface area contributed by atoms with Crippen molar-refractivity contribution in [2.75, 3.05) is 0 Å². The van der Waals surface area contributed by atoms with E-state index in [1.807, 2.05) is 19.9 Å². The summed E-state index contributed by atoms with van der Waals surface area (Å²) < 4.78 is 66.6. The Hall–Kier alpha value is -2.28. The Bertz CT molecular complexity index is 1030. The lowest BCUT2D eigenvalue weighted by Crippen LogP contribution is -2.35. The van der Waals surface area contributed by atoms with E-state index in [2.05, 4.69) is 0 Å². The summed E-state index contributed by atoms with van der Waals surface area (Å²) in [5.41, 5.74) is 0.658. The van der Waals surface area contributed by atoms with Gasteiger partial charge in [0.1, 0.15) is 0 Å². The summed E-state index contributed by atoms with van der Waals surface area (Å²) in [6.07, 6.45) is -0.160. The van der Waals surface area contributed by atoms with Crippen molar-refractivity contribution < 1.29 is 21.6 Å². The first-order valence-corrected chi connectivity index (χ1v) is 10.4. The number of nitrogens with zero attached hydrogens (tertiary/aromatic N) is 1. The van der Waals surface area contributed by atoms with Crippen LogP contribution in [0.5, 0.6) is 0 Å². The van der Waals surface area contributed by atoms with Crippen molar-refractivity contribution in [3.8, 4) is 0 Å². The van der Waals surface area contributed by atoms with Crippen LogP contribution in [-0.2, 0) is 16.2 Å². The summed E-state index contributed by atoms with van der Waals surface area (Å²) in [5.74, 6) is 0.0365. The van der Waals surface area contributed by atoms with Crippen LogP contribution in [0.25, 0.3) is 0 Å². The normalized spacial score (nSPS) is 26.8. The molecule has 0 unspecified atom stereocenters. The summed E-state index contributed by atoms with van der Waals surface area (Å²) in [6.45, 7) is 3.92. The van der Waals surface area contributed by atoms with E-state index in [1.165, 1.54) is 16.4 Å². The van der Waals surface area contributed by atoms with Crippen molar-refractivity contribution >= 4 is 10.0 Å². The minimum Gasteiger partial charge on any atom is -0.266 e. The lowest BCUT2D eigenvalue weighted by atomic mass is 9.93. The molecular weight excluding hydrogens is 387 g/mol. The van der Waals surface area contributed by atoms with Crippen LogP contribution < -0.4 is 0 Å². The minimum absolute atomic E-state index is 0.0365. The van der Waals surface area contributed by atoms with Crippen molar-refractivity contribution in [3.05, 3.63) is 77.5 Å². The first-order valence-electron chi connectivity index (χ1n) is 8.99. The van der Waals surface area contributed by atoms with Crippen LogP contribution in [0.4, 0.5) is 13.2 Å². The molecule has 2 aliphatic rings. The topological polar surface area (TPSA) is 37.4 Å². The molecule has 1 fully saturated rings. The number of benzene rings is 2. The first-order chi connectivity index (χ1) is 13.0. The second-order valence-electron chi connectivity index (χ2n) is 7.84. The Kier molecular flexibility index (Phi) is 4.16. The zero-order valence-electron chi connectivity index (χ0n) is 15.4. The van der Waals surface area contributed by atoms with Crippen molar-refractivity contribution in [2.45, 2.75) is 37.4 Å². The van der Waals surface area contributed by atoms with Crippen molar-refractivity contribution in [3.63, 3.8) is 0 Å². The van der Waals surface area contributed by atoms with Gasteiger partial charge in [0.2, 0.25) is 0 Å². The molecule has 1 aliphatic heterocycles. The van der Waals surface area contributed by atoms with Gasteiger partial charge in [-0.1, -0.05) is 42.8 Å². The second kappa shape index (κ2) is 6.11. The number of aryl methyl sites for hydroxylation is 1. The molecule has 2 aromatic rings. The molecule has 2 aromatic carbocycles. The van der Waals surface area contributed by atoms with Crippen LogP contribution in [0.1, 0.15) is 36.1 Å². The van der Waals surface area contributed by atoms with Gasteiger partial charge in [-0.2, -0.15) is 13.2 Å². The predicted octanol–water partition coefficient (Wildman–Crippen LogP) is 5.30. The van der Waals surface area contributed by atoms with Crippen LogP contribution in [0.2, 0.25) is 0 Å². The molecule has 7 heteroatoms. The highest BCUT2D eigenvalue weighted by Gasteiger charge is 2.58. The molecule has 148 valence electrons. The van der Waals surface area contributed by atoms with Gasteiger partial charge in [0.05, 0.1) is 16.5 Å². The SMILES string of the molecule is Cc1ccc(S(=O)(=O)N2C=C[C@]3(C)C[C@@H]3[C@H]2c2ccc(C(F)(F)F)cc2)cc1. The van der Waals surface area contributed by atoms with E-state index < -0.39 is 27.8 Å². The number of halogens is 3. The fourth-order valence-electron chi connectivity index (χ4n) is 3.90. The van der Waals surface area contributed by atoms with E-state index in [9.17, 15) is 21.6 Å². The number of fused-ring (bicyclic) bond motifs is 1. The van der Waals surface area contributed by atoms with Gasteiger partial charge in [-0.15, -0.1) is 0 Å². The summed E-state index contributed by atoms with van der Waals surface area (Å²) >= 11 is 0. The molecule has 1 heterocycles. The lowest BCUT2D eigenvalue weighted by Gasteiger charge is -2.35. The number of hydrogen-bond acceptors (Lipinski definition) is 2. The van der Waals surface area contributed by atoms with Gasteiger partial charge < -0.3 is 0 Å². The number of rotatable bonds is 3. The molecule has 4 rings (SSSR count). The lowest BCUT2D eigenvalue weighted by molar-refractivity contribution is -0.137. The molecule has 1 aliphatic carbocycles. The average molecular weight is 407 g/mol. The van der Waals surface area contributed by atoms with Crippen molar-refractivity contribution in [1.82, 2.24) is 4.31 Å². The summed E-state index contributed by atoms with van der Waals surface area (Å²) in [6, 6.07) is 10.9. The minimum atomic E-state index is -4.42. The quantitative estimate of drug-likeness (QED) is 0.692. The predicted molar refractivity (Wildman–Crippen MR) is 99.7 cm³/mol. The highest BCUT2D eigenvalue weighted by atomic mass is 32.2. The summed E-state index contributed by atoms with van der Waals surface area (Å²) in [4.78, 5) is 0.170. The van der Waals surface area contributed by atoms with Crippen molar-refractivity contribution in [2.24, 2.45) is 11.3 Å². The van der Waals surface area contributed by atoms with Gasteiger partial charge >= 0.3 is 6.18 Å². The molecule has 0 radical (unpaired) electrons. The Balaban J connectivity index is 1.76. The number of sulfonamides is 1. The third-order valence-corrected chi connectivity index (χ3v) is 7.55. The third kappa shape index (κ3) is 3.11. The molecule has 0 N–H and O–H groups in total. The maximum atomic E-state index is 13.3. The Labute approximate surface area is 162 Å². The van der Waals surface area contributed by atoms with Crippen LogP contribution in [-0.4, -0.2) is 12.7 Å². The Morgan fingerprint density at radius 2 is 1.64 bits per heavy atom. The average Bonchev–Trinajstić information content (AvgIpc) is 3.32. The molecule has 1 saturated carbocycles. The number of alkyl halides is 3. The van der Waals surface area contributed by atoms with Crippen LogP contribution in [0.3, 0.4) is 0 Å². The largest absolute Gasteiger partial charge is 0.416 e. The third-order valence-electron chi connectivity index (χ3n) is 5.78. The van der Waals surface area contributed by atoms with E-state index >= 15 is 0 Å². The van der Waals surface area contributed by atoms with E-state index in [-0.39, 0.29) is 16.2 Å². The monoisotopic (exact) mass is 407 g/mol. The molecule has 0 amide bonds. The molecule has 0 saturated heterocycles. The van der Waals surface area contributed by atoms with Crippen molar-refractivity contribution in [1.29, 1.82) is 0 Å². The Morgan fingerprint density at radius 3 is 2.21 bits per heavy atom. The van der Waals surface area contributed by atoms with Gasteiger partial charge in [-0.3, -0.25) is 4.31 Å². The standard InChI is InChI=1S/C21H20F3NO2S/c1-14-3-9-17(10-4-14)28(26,27)25-12-11-20(2)13-18(20)19(25)15-5-7-16(8-6-15)21(22,23)24/h3-12,18-19H,13H2,1-2H3/t18-,19-,20-/m1/s1. The molecule has 3 nitrogen and oxygen atoms in total. The summed E-state index contributed by atoms with van der Waals surface area (Å²) in [7, 11) is -3.82. The number of hydrogen-bond donors (Lipinski definition) is 0. The first kappa shape index (κ1) is 19.1. The number of allylic oxidation sites excluding steroid dienone is 1. The maximum absolute atomic E-state index is 13.3. The van der Waals surface area contributed by atoms with Gasteiger partial charge in [-0.05, 0) is 54.5 Å². The molecule has 3 atom stereocenters. The molecule has 0 spiro atoms. The van der Waals surface area contributed by atoms with Gasteiger partial charge in [0.25, 0.3) is 10.0 Å². The van der Waals surface area contributed by atoms with E-state index in [0.717, 1.165) is 24.1 Å². The van der Waals surface area contributed by atoms with Crippen LogP contribution in [0, 0.1) is 18.3 Å². The highest BCUT2D eigenvalue weighted by Crippen LogP contribution is 2.63. The molecular formula is C21H20F3NO2S.